The number of fused-ring (bicyclic) bond motifs is 3. The van der Waals surface area contributed by atoms with Gasteiger partial charge in [-0.3, -0.25) is 19.1 Å². The number of ether oxygens (including phenoxy) is 1. The minimum absolute atomic E-state index is 0.0952. The minimum Gasteiger partial charge on any atom is -0.487 e. The molecule has 1 saturated heterocycles. The first-order chi connectivity index (χ1) is 24.8. The van der Waals surface area contributed by atoms with Crippen LogP contribution in [0.25, 0.3) is 21.6 Å². The van der Waals surface area contributed by atoms with E-state index >= 15 is 0 Å². The van der Waals surface area contributed by atoms with Crippen molar-refractivity contribution in [1.29, 1.82) is 0 Å². The standard InChI is InChI=1S/C40H50N4O6S2/c1-23(2)31-22-51-38(42-31)30-18-33(29-17-14-24(3)25(4)36(29)41-30)50-34-21-44-35(46)13-11-9-7-6-8-10-12-27-19-40(27,20-32(45)37(44)26(34)5)39(47)43-52(48,49)28-15-16-28/h10,12,14,17-18,22-23,26-28,34,37H,6-9,11,13,15-16,19-21H2,1-5H3,(H,43,47)/b12-10-/t26?,27-,34+,37+,40-/m1/s1. The van der Waals surface area contributed by atoms with Crippen LogP contribution < -0.4 is 9.46 Å². The maximum absolute atomic E-state index is 14.5. The molecule has 7 rings (SSSR count). The van der Waals surface area contributed by atoms with Gasteiger partial charge < -0.3 is 9.64 Å². The van der Waals surface area contributed by atoms with E-state index in [0.29, 0.717) is 37.1 Å². The molecule has 278 valence electrons. The molecule has 2 amide bonds. The number of hydrogen-bond acceptors (Lipinski definition) is 9. The average Bonchev–Trinajstić information content (AvgIpc) is 3.99. The van der Waals surface area contributed by atoms with E-state index in [1.807, 2.05) is 32.1 Å². The number of sulfonamides is 1. The molecule has 2 aliphatic carbocycles. The molecule has 2 saturated carbocycles. The molecular formula is C40H50N4O6S2. The maximum Gasteiger partial charge on any atom is 0.240 e. The molecule has 0 bridgehead atoms. The van der Waals surface area contributed by atoms with Crippen LogP contribution in [0.4, 0.5) is 0 Å². The van der Waals surface area contributed by atoms with E-state index in [4.69, 9.17) is 14.7 Å². The van der Waals surface area contributed by atoms with E-state index < -0.39 is 38.7 Å². The molecule has 0 radical (unpaired) electrons. The lowest BCUT2D eigenvalue weighted by Crippen LogP contribution is -2.46. The molecule has 1 N–H and O–H groups in total. The van der Waals surface area contributed by atoms with Gasteiger partial charge in [0.05, 0.1) is 34.5 Å². The summed E-state index contributed by atoms with van der Waals surface area (Å²) in [7, 11) is -3.79. The number of amides is 2. The Morgan fingerprint density at radius 1 is 1.10 bits per heavy atom. The number of carbonyl (C=O) groups is 3. The fourth-order valence-electron chi connectivity index (χ4n) is 7.90. The van der Waals surface area contributed by atoms with Crippen LogP contribution in [0.15, 0.2) is 35.7 Å². The molecule has 3 aromatic rings. The van der Waals surface area contributed by atoms with Crippen LogP contribution in [-0.2, 0) is 24.4 Å². The molecule has 1 aromatic carbocycles. The summed E-state index contributed by atoms with van der Waals surface area (Å²) in [6.07, 6.45) is 9.63. The Bertz CT molecular complexity index is 2040. The van der Waals surface area contributed by atoms with Gasteiger partial charge in [0.1, 0.15) is 22.6 Å². The molecule has 4 aliphatic rings. The van der Waals surface area contributed by atoms with E-state index in [2.05, 4.69) is 43.0 Å². The van der Waals surface area contributed by atoms with Crippen molar-refractivity contribution in [3.05, 3.63) is 52.6 Å². The number of rotatable bonds is 7. The van der Waals surface area contributed by atoms with Gasteiger partial charge >= 0.3 is 0 Å². The van der Waals surface area contributed by atoms with Crippen molar-refractivity contribution in [3.63, 3.8) is 0 Å². The topological polar surface area (TPSA) is 136 Å². The van der Waals surface area contributed by atoms with Crippen molar-refractivity contribution in [3.8, 4) is 16.5 Å². The predicted octanol–water partition coefficient (Wildman–Crippen LogP) is 7.18. The van der Waals surface area contributed by atoms with Crippen LogP contribution in [0.5, 0.6) is 5.75 Å². The zero-order chi connectivity index (χ0) is 36.9. The van der Waals surface area contributed by atoms with Gasteiger partial charge in [-0.1, -0.05) is 51.8 Å². The molecule has 10 nitrogen and oxygen atoms in total. The van der Waals surface area contributed by atoms with Crippen molar-refractivity contribution >= 4 is 49.9 Å². The highest BCUT2D eigenvalue weighted by Gasteiger charge is 2.62. The first-order valence-corrected chi connectivity index (χ1v) is 21.3. The van der Waals surface area contributed by atoms with Crippen molar-refractivity contribution in [2.75, 3.05) is 6.54 Å². The second-order valence-electron chi connectivity index (χ2n) is 15.8. The second-order valence-corrected chi connectivity index (χ2v) is 18.6. The summed E-state index contributed by atoms with van der Waals surface area (Å²) in [4.78, 5) is 53.8. The third-order valence-electron chi connectivity index (χ3n) is 11.7. The van der Waals surface area contributed by atoms with Crippen LogP contribution in [0, 0.1) is 31.1 Å². The van der Waals surface area contributed by atoms with E-state index in [9.17, 15) is 22.8 Å². The first kappa shape index (κ1) is 36.7. The highest BCUT2D eigenvalue weighted by molar-refractivity contribution is 7.90. The fraction of sp³-hybridized carbons (Fsp3) is 0.575. The smallest absolute Gasteiger partial charge is 0.240 e. The molecule has 2 aromatic heterocycles. The number of allylic oxidation sites excluding steroid dienone is 2. The lowest BCUT2D eigenvalue weighted by atomic mass is 9.87. The van der Waals surface area contributed by atoms with Crippen LogP contribution in [0.3, 0.4) is 0 Å². The summed E-state index contributed by atoms with van der Waals surface area (Å²) >= 11 is 1.55. The van der Waals surface area contributed by atoms with Crippen molar-refractivity contribution < 1.29 is 27.5 Å². The zero-order valence-corrected chi connectivity index (χ0v) is 32.4. The molecule has 2 aliphatic heterocycles. The Morgan fingerprint density at radius 3 is 2.60 bits per heavy atom. The largest absolute Gasteiger partial charge is 0.487 e. The summed E-state index contributed by atoms with van der Waals surface area (Å²) in [5.41, 5.74) is 3.53. The van der Waals surface area contributed by atoms with Gasteiger partial charge in [0.15, 0.2) is 5.78 Å². The number of nitrogens with one attached hydrogen (secondary N) is 1. The summed E-state index contributed by atoms with van der Waals surface area (Å²) in [6, 6.07) is 5.18. The SMILES string of the molecule is Cc1ccc2c(O[C@H]3CN4C(=O)CCCCCC/C=C\[C@@H]5C[C@@]5(C(=O)NS(=O)(=O)C5CC5)CC(=O)[C@@H]4C3C)cc(-c3nc(C(C)C)cs3)nc2c1C. The molecule has 5 atom stereocenters. The number of carbonyl (C=O) groups excluding carboxylic acids is 3. The van der Waals surface area contributed by atoms with E-state index in [-0.39, 0.29) is 42.4 Å². The first-order valence-electron chi connectivity index (χ1n) is 18.9. The average molecular weight is 747 g/mol. The third-order valence-corrected chi connectivity index (χ3v) is 14.4. The Morgan fingerprint density at radius 2 is 1.87 bits per heavy atom. The molecule has 52 heavy (non-hydrogen) atoms. The van der Waals surface area contributed by atoms with Gasteiger partial charge in [-0.15, -0.1) is 11.3 Å². The Balaban J connectivity index is 1.22. The fourth-order valence-corrected chi connectivity index (χ4v) is 10.2. The highest BCUT2D eigenvalue weighted by Crippen LogP contribution is 2.57. The van der Waals surface area contributed by atoms with Crippen LogP contribution >= 0.6 is 11.3 Å². The quantitative estimate of drug-likeness (QED) is 0.252. The molecule has 0 spiro atoms. The lowest BCUT2D eigenvalue weighted by molar-refractivity contribution is -0.140. The monoisotopic (exact) mass is 746 g/mol. The zero-order valence-electron chi connectivity index (χ0n) is 30.8. The Kier molecular flexibility index (Phi) is 10.1. The van der Waals surface area contributed by atoms with Crippen LogP contribution in [-0.4, -0.2) is 64.8 Å². The third kappa shape index (κ3) is 7.17. The molecular weight excluding hydrogens is 697 g/mol. The maximum atomic E-state index is 14.5. The van der Waals surface area contributed by atoms with Gasteiger partial charge in [0.2, 0.25) is 21.8 Å². The number of nitrogens with zero attached hydrogens (tertiary/aromatic N) is 3. The van der Waals surface area contributed by atoms with Crippen LogP contribution in [0.2, 0.25) is 0 Å². The van der Waals surface area contributed by atoms with E-state index in [1.54, 1.807) is 16.2 Å². The van der Waals surface area contributed by atoms with Crippen LogP contribution in [0.1, 0.15) is 108 Å². The normalized spacial score (nSPS) is 27.8. The van der Waals surface area contributed by atoms with Gasteiger partial charge in [0.25, 0.3) is 0 Å². The number of aryl methyl sites for hydroxylation is 2. The number of benzene rings is 1. The molecule has 4 heterocycles. The molecule has 3 fully saturated rings. The van der Waals surface area contributed by atoms with E-state index in [1.165, 1.54) is 0 Å². The van der Waals surface area contributed by atoms with Gasteiger partial charge in [-0.25, -0.2) is 18.4 Å². The van der Waals surface area contributed by atoms with Gasteiger partial charge in [0, 0.05) is 35.6 Å². The number of Topliss-reactive ketones (excluding diaryl/α,β-unsaturated/α-hetero) is 1. The molecule has 12 heteroatoms. The Hall–Kier alpha value is -3.64. The lowest BCUT2D eigenvalue weighted by Gasteiger charge is -2.27. The Labute approximate surface area is 310 Å². The summed E-state index contributed by atoms with van der Waals surface area (Å²) in [6.45, 7) is 10.5. The van der Waals surface area contributed by atoms with Crippen molar-refractivity contribution in [2.24, 2.45) is 17.3 Å². The number of hydrogen-bond donors (Lipinski definition) is 1. The molecule has 1 unspecified atom stereocenters. The summed E-state index contributed by atoms with van der Waals surface area (Å²) < 4.78 is 34.9. The van der Waals surface area contributed by atoms with E-state index in [0.717, 1.165) is 64.8 Å². The highest BCUT2D eigenvalue weighted by atomic mass is 32.2. The van der Waals surface area contributed by atoms with Gasteiger partial charge in [-0.05, 0) is 81.4 Å². The summed E-state index contributed by atoms with van der Waals surface area (Å²) in [5.74, 6) is -0.653. The summed E-state index contributed by atoms with van der Waals surface area (Å²) in [5, 5.41) is 3.16. The predicted molar refractivity (Wildman–Crippen MR) is 203 cm³/mol. The number of thiazole rings is 1. The van der Waals surface area contributed by atoms with Crippen molar-refractivity contribution in [2.45, 2.75) is 122 Å². The van der Waals surface area contributed by atoms with Gasteiger partial charge in [-0.2, -0.15) is 0 Å². The number of pyridine rings is 1. The van der Waals surface area contributed by atoms with Crippen molar-refractivity contribution in [1.82, 2.24) is 19.6 Å². The number of ketones is 1. The number of aromatic nitrogens is 2. The minimum atomic E-state index is -3.79. The second kappa shape index (κ2) is 14.3.